The van der Waals surface area contributed by atoms with E-state index in [4.69, 9.17) is 10.5 Å². The van der Waals surface area contributed by atoms with Crippen LogP contribution in [0.3, 0.4) is 0 Å². The van der Waals surface area contributed by atoms with Gasteiger partial charge in [-0.3, -0.25) is 0 Å². The maximum absolute atomic E-state index is 6.07. The topological polar surface area (TPSA) is 35.2 Å². The number of ether oxygens (including phenoxy) is 1. The molecule has 0 saturated heterocycles. The van der Waals surface area contributed by atoms with Crippen LogP contribution in [0.5, 0.6) is 5.75 Å². The molecule has 1 heterocycles. The van der Waals surface area contributed by atoms with Crippen molar-refractivity contribution in [2.24, 2.45) is 5.73 Å². The molecule has 0 amide bonds. The van der Waals surface area contributed by atoms with Gasteiger partial charge in [0, 0.05) is 10.9 Å². The van der Waals surface area contributed by atoms with Crippen LogP contribution in [-0.2, 0) is 6.42 Å². The Balaban J connectivity index is 2.04. The Labute approximate surface area is 125 Å². The summed E-state index contributed by atoms with van der Waals surface area (Å²) in [4.78, 5) is 1.18. The van der Waals surface area contributed by atoms with Crippen molar-refractivity contribution < 1.29 is 4.74 Å². The Morgan fingerprint density at radius 3 is 2.50 bits per heavy atom. The van der Waals surface area contributed by atoms with Crippen molar-refractivity contribution in [2.45, 2.75) is 45.3 Å². The summed E-state index contributed by atoms with van der Waals surface area (Å²) >= 11 is 1.69. The number of aryl methyl sites for hydroxylation is 1. The third kappa shape index (κ3) is 4.09. The molecule has 2 atom stereocenters. The molecule has 108 valence electrons. The second-order valence-corrected chi connectivity index (χ2v) is 6.14. The molecule has 0 bridgehead atoms. The van der Waals surface area contributed by atoms with Crippen LogP contribution in [0.2, 0.25) is 0 Å². The van der Waals surface area contributed by atoms with Crippen LogP contribution in [0, 0.1) is 0 Å². The van der Waals surface area contributed by atoms with Crippen LogP contribution < -0.4 is 10.5 Å². The minimum Gasteiger partial charge on any atom is -0.483 e. The summed E-state index contributed by atoms with van der Waals surface area (Å²) < 4.78 is 6.07. The maximum atomic E-state index is 6.07. The van der Waals surface area contributed by atoms with Gasteiger partial charge in [-0.15, -0.1) is 11.3 Å². The second kappa shape index (κ2) is 7.46. The molecule has 1 aromatic carbocycles. The fraction of sp³-hybridized carbons (Fsp3) is 0.412. The number of hydrogen-bond acceptors (Lipinski definition) is 3. The smallest absolute Gasteiger partial charge is 0.148 e. The van der Waals surface area contributed by atoms with E-state index in [9.17, 15) is 0 Å². The molecule has 0 aliphatic carbocycles. The number of benzene rings is 1. The lowest BCUT2D eigenvalue weighted by Crippen LogP contribution is -2.28. The van der Waals surface area contributed by atoms with Gasteiger partial charge in [0.25, 0.3) is 0 Å². The van der Waals surface area contributed by atoms with Gasteiger partial charge >= 0.3 is 0 Å². The largest absolute Gasteiger partial charge is 0.483 e. The van der Waals surface area contributed by atoms with Crippen molar-refractivity contribution in [3.05, 3.63) is 52.2 Å². The molecule has 2 aromatic rings. The number of nitrogens with two attached hydrogens (primary N) is 1. The molecular formula is C17H23NOS. The normalized spacial score (nSPS) is 13.9. The molecule has 0 radical (unpaired) electrons. The molecule has 2 nitrogen and oxygen atoms in total. The average molecular weight is 289 g/mol. The molecule has 0 saturated carbocycles. The number of thiophene rings is 1. The van der Waals surface area contributed by atoms with E-state index < -0.39 is 0 Å². The maximum Gasteiger partial charge on any atom is 0.148 e. The van der Waals surface area contributed by atoms with Crippen LogP contribution in [-0.4, -0.2) is 6.04 Å². The van der Waals surface area contributed by atoms with E-state index in [0.717, 1.165) is 12.2 Å². The first kappa shape index (κ1) is 15.1. The summed E-state index contributed by atoms with van der Waals surface area (Å²) in [5, 5.41) is 2.06. The molecule has 2 unspecified atom stereocenters. The minimum absolute atomic E-state index is 0.0339. The summed E-state index contributed by atoms with van der Waals surface area (Å²) in [5.74, 6) is 0.890. The Hall–Kier alpha value is -1.32. The van der Waals surface area contributed by atoms with Crippen molar-refractivity contribution >= 4 is 11.3 Å². The first-order valence-corrected chi connectivity index (χ1v) is 8.13. The summed E-state index contributed by atoms with van der Waals surface area (Å²) in [6.45, 7) is 4.20. The lowest BCUT2D eigenvalue weighted by molar-refractivity contribution is 0.184. The molecule has 2 N–H and O–H groups in total. The average Bonchev–Trinajstić information content (AvgIpc) is 2.97. The highest BCUT2D eigenvalue weighted by molar-refractivity contribution is 7.10. The first-order chi connectivity index (χ1) is 9.70. The van der Waals surface area contributed by atoms with E-state index in [1.165, 1.54) is 23.3 Å². The Bertz CT molecular complexity index is 490. The molecule has 0 spiro atoms. The Morgan fingerprint density at radius 2 is 1.95 bits per heavy atom. The number of unbranched alkanes of at least 4 members (excludes halogenated alkanes) is 1. The van der Waals surface area contributed by atoms with Gasteiger partial charge in [-0.1, -0.05) is 31.5 Å². The molecule has 0 aliphatic heterocycles. The van der Waals surface area contributed by atoms with Gasteiger partial charge in [-0.25, -0.2) is 0 Å². The summed E-state index contributed by atoms with van der Waals surface area (Å²) in [6.07, 6.45) is 3.52. The monoisotopic (exact) mass is 289 g/mol. The molecule has 0 aliphatic rings. The zero-order valence-corrected chi connectivity index (χ0v) is 13.0. The van der Waals surface area contributed by atoms with E-state index in [1.807, 2.05) is 25.1 Å². The summed E-state index contributed by atoms with van der Waals surface area (Å²) in [6, 6.07) is 12.5. The fourth-order valence-corrected chi connectivity index (χ4v) is 3.01. The van der Waals surface area contributed by atoms with Crippen LogP contribution in [0.1, 0.15) is 43.2 Å². The van der Waals surface area contributed by atoms with Crippen molar-refractivity contribution in [3.63, 3.8) is 0 Å². The second-order valence-electron chi connectivity index (χ2n) is 5.16. The predicted molar refractivity (Wildman–Crippen MR) is 86.4 cm³/mol. The van der Waals surface area contributed by atoms with Gasteiger partial charge in [-0.2, -0.15) is 0 Å². The van der Waals surface area contributed by atoms with E-state index in [-0.39, 0.29) is 12.1 Å². The van der Waals surface area contributed by atoms with E-state index in [1.54, 1.807) is 11.3 Å². The van der Waals surface area contributed by atoms with Gasteiger partial charge in [0.05, 0.1) is 0 Å². The molecular weight excluding hydrogens is 266 g/mol. The zero-order valence-electron chi connectivity index (χ0n) is 12.2. The SMILES string of the molecule is CCCCc1ccc(OC(c2cccs2)C(C)N)cc1. The van der Waals surface area contributed by atoms with Crippen molar-refractivity contribution in [3.8, 4) is 5.75 Å². The molecule has 20 heavy (non-hydrogen) atoms. The van der Waals surface area contributed by atoms with Gasteiger partial charge < -0.3 is 10.5 Å². The van der Waals surface area contributed by atoms with E-state index >= 15 is 0 Å². The van der Waals surface area contributed by atoms with Gasteiger partial charge in [0.2, 0.25) is 0 Å². The Morgan fingerprint density at radius 1 is 1.20 bits per heavy atom. The highest BCUT2D eigenvalue weighted by atomic mass is 32.1. The van der Waals surface area contributed by atoms with Crippen molar-refractivity contribution in [1.29, 1.82) is 0 Å². The van der Waals surface area contributed by atoms with Crippen LogP contribution in [0.4, 0.5) is 0 Å². The highest BCUT2D eigenvalue weighted by Gasteiger charge is 2.19. The molecule has 2 rings (SSSR count). The lowest BCUT2D eigenvalue weighted by Gasteiger charge is -2.21. The predicted octanol–water partition coefficient (Wildman–Crippen LogP) is 4.56. The number of hydrogen-bond donors (Lipinski definition) is 1. The van der Waals surface area contributed by atoms with Crippen molar-refractivity contribution in [2.75, 3.05) is 0 Å². The summed E-state index contributed by atoms with van der Waals surface area (Å²) in [5.41, 5.74) is 7.42. The van der Waals surface area contributed by atoms with Gasteiger partial charge in [0.1, 0.15) is 11.9 Å². The Kier molecular flexibility index (Phi) is 5.62. The zero-order chi connectivity index (χ0) is 14.4. The van der Waals surface area contributed by atoms with Crippen LogP contribution in [0.25, 0.3) is 0 Å². The fourth-order valence-electron chi connectivity index (χ4n) is 2.14. The number of rotatable bonds is 7. The lowest BCUT2D eigenvalue weighted by atomic mass is 10.1. The van der Waals surface area contributed by atoms with Gasteiger partial charge in [-0.05, 0) is 48.9 Å². The van der Waals surface area contributed by atoms with Crippen molar-refractivity contribution in [1.82, 2.24) is 0 Å². The van der Waals surface area contributed by atoms with E-state index in [0.29, 0.717) is 0 Å². The third-order valence-electron chi connectivity index (χ3n) is 3.31. The standard InChI is InChI=1S/C17H23NOS/c1-3-4-6-14-8-10-15(11-9-14)19-17(13(2)18)16-7-5-12-20-16/h5,7-13,17H,3-4,6,18H2,1-2H3. The summed E-state index contributed by atoms with van der Waals surface area (Å²) in [7, 11) is 0. The molecule has 3 heteroatoms. The highest BCUT2D eigenvalue weighted by Crippen LogP contribution is 2.27. The quantitative estimate of drug-likeness (QED) is 0.811. The van der Waals surface area contributed by atoms with Crippen LogP contribution >= 0.6 is 11.3 Å². The van der Waals surface area contributed by atoms with Gasteiger partial charge in [0.15, 0.2) is 0 Å². The molecule has 1 aromatic heterocycles. The minimum atomic E-state index is -0.0727. The van der Waals surface area contributed by atoms with E-state index in [2.05, 4.69) is 30.5 Å². The third-order valence-corrected chi connectivity index (χ3v) is 4.24. The first-order valence-electron chi connectivity index (χ1n) is 7.25. The van der Waals surface area contributed by atoms with Crippen LogP contribution in [0.15, 0.2) is 41.8 Å². The molecule has 0 fully saturated rings.